The van der Waals surface area contributed by atoms with E-state index in [4.69, 9.17) is 0 Å². The molecule has 1 N–H and O–H groups in total. The fourth-order valence-corrected chi connectivity index (χ4v) is 1.48. The molecule has 1 aromatic carbocycles. The first kappa shape index (κ1) is 9.71. The van der Waals surface area contributed by atoms with Crippen molar-refractivity contribution in [3.63, 3.8) is 0 Å². The van der Waals surface area contributed by atoms with Gasteiger partial charge in [-0.1, -0.05) is 35.9 Å². The van der Waals surface area contributed by atoms with Crippen molar-refractivity contribution >= 4 is 5.82 Å². The molecule has 1 aromatic heterocycles. The Morgan fingerprint density at radius 2 is 2.07 bits per heavy atom. The van der Waals surface area contributed by atoms with Gasteiger partial charge < -0.3 is 5.32 Å². The van der Waals surface area contributed by atoms with Crippen molar-refractivity contribution in [2.24, 2.45) is 0 Å². The third-order valence-electron chi connectivity index (χ3n) is 2.22. The van der Waals surface area contributed by atoms with Gasteiger partial charge in [-0.3, -0.25) is 0 Å². The molecule has 0 radical (unpaired) electrons. The first-order valence-corrected chi connectivity index (χ1v) is 5.05. The maximum absolute atomic E-state index is 4.21. The summed E-state index contributed by atoms with van der Waals surface area (Å²) in [4.78, 5) is 4.21. The molecule has 0 bridgehead atoms. The van der Waals surface area contributed by atoms with Crippen LogP contribution in [-0.4, -0.2) is 4.98 Å². The molecule has 0 saturated heterocycles. The second kappa shape index (κ2) is 4.60. The lowest BCUT2D eigenvalue weighted by Crippen LogP contribution is -2.00. The second-order valence-corrected chi connectivity index (χ2v) is 3.56. The molecule has 0 aliphatic rings. The first-order chi connectivity index (χ1) is 7.34. The Balaban J connectivity index is 1.99. The Hall–Kier alpha value is -1.83. The largest absolute Gasteiger partial charge is 0.366 e. The average Bonchev–Trinajstić information content (AvgIpc) is 2.28. The normalized spacial score (nSPS) is 9.93. The van der Waals surface area contributed by atoms with Gasteiger partial charge in [0.2, 0.25) is 0 Å². The molecule has 2 aromatic rings. The van der Waals surface area contributed by atoms with E-state index in [1.165, 1.54) is 11.1 Å². The molecule has 0 fully saturated rings. The summed E-state index contributed by atoms with van der Waals surface area (Å²) in [5, 5.41) is 3.28. The van der Waals surface area contributed by atoms with Crippen LogP contribution in [0.5, 0.6) is 0 Å². The summed E-state index contributed by atoms with van der Waals surface area (Å²) in [6.07, 6.45) is 1.79. The van der Waals surface area contributed by atoms with E-state index in [-0.39, 0.29) is 0 Å². The zero-order valence-electron chi connectivity index (χ0n) is 8.77. The Morgan fingerprint density at radius 3 is 2.80 bits per heavy atom. The highest BCUT2D eigenvalue weighted by molar-refractivity contribution is 5.35. The van der Waals surface area contributed by atoms with E-state index < -0.39 is 0 Å². The number of benzene rings is 1. The van der Waals surface area contributed by atoms with Crippen molar-refractivity contribution in [3.05, 3.63) is 59.8 Å². The van der Waals surface area contributed by atoms with Crippen molar-refractivity contribution in [1.29, 1.82) is 0 Å². The molecule has 0 aliphatic heterocycles. The molecule has 76 valence electrons. The van der Waals surface area contributed by atoms with E-state index >= 15 is 0 Å². The Bertz CT molecular complexity index is 424. The highest BCUT2D eigenvalue weighted by Crippen LogP contribution is 2.07. The van der Waals surface area contributed by atoms with Crippen molar-refractivity contribution in [3.8, 4) is 0 Å². The molecule has 1 heterocycles. The minimum atomic E-state index is 0.818. The number of hydrogen-bond acceptors (Lipinski definition) is 2. The molecule has 0 atom stereocenters. The van der Waals surface area contributed by atoms with Crippen molar-refractivity contribution in [2.75, 3.05) is 5.32 Å². The molecule has 2 nitrogen and oxygen atoms in total. The van der Waals surface area contributed by atoms with Crippen LogP contribution in [0.1, 0.15) is 11.1 Å². The number of aromatic nitrogens is 1. The molecule has 2 heteroatoms. The van der Waals surface area contributed by atoms with Gasteiger partial charge in [0.05, 0.1) is 0 Å². The summed E-state index contributed by atoms with van der Waals surface area (Å²) in [6.45, 7) is 2.92. The Morgan fingerprint density at radius 1 is 1.13 bits per heavy atom. The molecule has 0 unspecified atom stereocenters. The van der Waals surface area contributed by atoms with Crippen LogP contribution in [0.15, 0.2) is 48.7 Å². The molecule has 2 rings (SSSR count). The number of aryl methyl sites for hydroxylation is 1. The molecule has 0 amide bonds. The van der Waals surface area contributed by atoms with Gasteiger partial charge in [-0.15, -0.1) is 0 Å². The molecule has 0 spiro atoms. The molecular formula is C13H14N2. The van der Waals surface area contributed by atoms with Crippen LogP contribution in [0.4, 0.5) is 5.82 Å². The van der Waals surface area contributed by atoms with Gasteiger partial charge in [-0.05, 0) is 24.6 Å². The van der Waals surface area contributed by atoms with Crippen LogP contribution in [-0.2, 0) is 6.54 Å². The topological polar surface area (TPSA) is 24.9 Å². The monoisotopic (exact) mass is 198 g/mol. The van der Waals surface area contributed by atoms with Gasteiger partial charge in [0, 0.05) is 12.7 Å². The van der Waals surface area contributed by atoms with Gasteiger partial charge in [0.1, 0.15) is 5.82 Å². The number of nitrogens with zero attached hydrogens (tertiary/aromatic N) is 1. The van der Waals surface area contributed by atoms with Gasteiger partial charge in [0.15, 0.2) is 0 Å². The number of rotatable bonds is 3. The van der Waals surface area contributed by atoms with Crippen molar-refractivity contribution < 1.29 is 0 Å². The van der Waals surface area contributed by atoms with E-state index in [0.717, 1.165) is 12.4 Å². The highest BCUT2D eigenvalue weighted by atomic mass is 15.0. The van der Waals surface area contributed by atoms with E-state index in [9.17, 15) is 0 Å². The van der Waals surface area contributed by atoms with E-state index in [0.29, 0.717) is 0 Å². The standard InChI is InChI=1S/C13H14N2/c1-11-5-4-6-12(9-11)10-15-13-7-2-3-8-14-13/h2-9H,10H2,1H3,(H,14,15). The second-order valence-electron chi connectivity index (χ2n) is 3.56. The predicted octanol–water partition coefficient (Wildman–Crippen LogP) is 3.00. The molecular weight excluding hydrogens is 184 g/mol. The summed E-state index contributed by atoms with van der Waals surface area (Å²) in [6, 6.07) is 14.3. The molecule has 0 saturated carbocycles. The maximum atomic E-state index is 4.21. The summed E-state index contributed by atoms with van der Waals surface area (Å²) >= 11 is 0. The first-order valence-electron chi connectivity index (χ1n) is 5.05. The summed E-state index contributed by atoms with van der Waals surface area (Å²) in [5.74, 6) is 0.916. The number of hydrogen-bond donors (Lipinski definition) is 1. The maximum Gasteiger partial charge on any atom is 0.126 e. The highest BCUT2D eigenvalue weighted by Gasteiger charge is 1.94. The summed E-state index contributed by atoms with van der Waals surface area (Å²) in [7, 11) is 0. The fraction of sp³-hybridized carbons (Fsp3) is 0.154. The van der Waals surface area contributed by atoms with E-state index in [1.54, 1.807) is 6.20 Å². The molecule has 0 aliphatic carbocycles. The van der Waals surface area contributed by atoms with Crippen LogP contribution in [0.2, 0.25) is 0 Å². The summed E-state index contributed by atoms with van der Waals surface area (Å²) < 4.78 is 0. The number of pyridine rings is 1. The zero-order valence-corrected chi connectivity index (χ0v) is 8.77. The van der Waals surface area contributed by atoms with Gasteiger partial charge >= 0.3 is 0 Å². The predicted molar refractivity (Wildman–Crippen MR) is 62.7 cm³/mol. The minimum absolute atomic E-state index is 0.818. The van der Waals surface area contributed by atoms with Gasteiger partial charge in [-0.2, -0.15) is 0 Å². The van der Waals surface area contributed by atoms with Gasteiger partial charge in [0.25, 0.3) is 0 Å². The van der Waals surface area contributed by atoms with Crippen LogP contribution in [0, 0.1) is 6.92 Å². The zero-order chi connectivity index (χ0) is 10.5. The van der Waals surface area contributed by atoms with Crippen LogP contribution < -0.4 is 5.32 Å². The average molecular weight is 198 g/mol. The fourth-order valence-electron chi connectivity index (χ4n) is 1.48. The van der Waals surface area contributed by atoms with Crippen LogP contribution in [0.3, 0.4) is 0 Å². The molecule has 15 heavy (non-hydrogen) atoms. The van der Waals surface area contributed by atoms with Crippen LogP contribution >= 0.6 is 0 Å². The van der Waals surface area contributed by atoms with E-state index in [1.807, 2.05) is 18.2 Å². The van der Waals surface area contributed by atoms with Crippen LogP contribution in [0.25, 0.3) is 0 Å². The lowest BCUT2D eigenvalue weighted by molar-refractivity contribution is 1.11. The SMILES string of the molecule is Cc1cccc(CNc2ccccn2)c1. The Kier molecular flexibility index (Phi) is 2.98. The number of nitrogens with one attached hydrogen (secondary N) is 1. The lowest BCUT2D eigenvalue weighted by atomic mass is 10.1. The van der Waals surface area contributed by atoms with Crippen molar-refractivity contribution in [1.82, 2.24) is 4.98 Å². The summed E-state index contributed by atoms with van der Waals surface area (Å²) in [5.41, 5.74) is 2.57. The number of anilines is 1. The smallest absolute Gasteiger partial charge is 0.126 e. The van der Waals surface area contributed by atoms with Crippen molar-refractivity contribution in [2.45, 2.75) is 13.5 Å². The van der Waals surface area contributed by atoms with Gasteiger partial charge in [-0.25, -0.2) is 4.98 Å². The quantitative estimate of drug-likeness (QED) is 0.820. The Labute approximate surface area is 90.0 Å². The third-order valence-corrected chi connectivity index (χ3v) is 2.22. The van der Waals surface area contributed by atoms with E-state index in [2.05, 4.69) is 41.5 Å². The minimum Gasteiger partial charge on any atom is -0.366 e. The lowest BCUT2D eigenvalue weighted by Gasteiger charge is -2.05. The third kappa shape index (κ3) is 2.81.